The first-order chi connectivity index (χ1) is 15.3. The van der Waals surface area contributed by atoms with Gasteiger partial charge in [-0.3, -0.25) is 4.79 Å². The molecule has 0 saturated carbocycles. The van der Waals surface area contributed by atoms with Crippen LogP contribution in [0.5, 0.6) is 5.88 Å². The summed E-state index contributed by atoms with van der Waals surface area (Å²) >= 11 is 0. The van der Waals surface area contributed by atoms with Crippen molar-refractivity contribution >= 4 is 27.0 Å². The van der Waals surface area contributed by atoms with E-state index in [4.69, 9.17) is 4.74 Å². The first-order valence-corrected chi connectivity index (χ1v) is 11.9. The molecule has 0 bridgehead atoms. The van der Waals surface area contributed by atoms with E-state index in [1.807, 2.05) is 31.5 Å². The van der Waals surface area contributed by atoms with Gasteiger partial charge in [0.1, 0.15) is 5.82 Å². The molecule has 2 aromatic heterocycles. The number of nitrogens with zero attached hydrogens (tertiary/aromatic N) is 4. The summed E-state index contributed by atoms with van der Waals surface area (Å²) < 4.78 is 34.0. The maximum Gasteiger partial charge on any atom is 0.243 e. The van der Waals surface area contributed by atoms with Gasteiger partial charge in [0, 0.05) is 51.8 Å². The van der Waals surface area contributed by atoms with Crippen LogP contribution < -0.4 is 10.1 Å². The number of ether oxygens (including phenoxy) is 1. The SMILES string of the molecule is CCN(CC)S(=O)(=O)c1ccc2c(c1)nc(CCC(=O)NCc1ccnc(OC)c1)n2C. The molecule has 32 heavy (non-hydrogen) atoms. The zero-order chi connectivity index (χ0) is 23.3. The Kier molecular flexibility index (Phi) is 7.47. The first-order valence-electron chi connectivity index (χ1n) is 10.5. The number of methoxy groups -OCH3 is 1. The van der Waals surface area contributed by atoms with Crippen LogP contribution in [0.4, 0.5) is 0 Å². The van der Waals surface area contributed by atoms with Crippen molar-refractivity contribution in [3.8, 4) is 5.88 Å². The van der Waals surface area contributed by atoms with Crippen LogP contribution in [0.15, 0.2) is 41.4 Å². The van der Waals surface area contributed by atoms with Crippen LogP contribution in [0, 0.1) is 0 Å². The summed E-state index contributed by atoms with van der Waals surface area (Å²) in [5.41, 5.74) is 2.32. The second-order valence-corrected chi connectivity index (χ2v) is 9.25. The normalized spacial score (nSPS) is 11.8. The highest BCUT2D eigenvalue weighted by molar-refractivity contribution is 7.89. The number of benzene rings is 1. The van der Waals surface area contributed by atoms with E-state index >= 15 is 0 Å². The largest absolute Gasteiger partial charge is 0.481 e. The lowest BCUT2D eigenvalue weighted by molar-refractivity contribution is -0.121. The van der Waals surface area contributed by atoms with Crippen molar-refractivity contribution in [1.29, 1.82) is 0 Å². The fraction of sp³-hybridized carbons (Fsp3) is 0.409. The number of amides is 1. The molecule has 0 spiro atoms. The van der Waals surface area contributed by atoms with Crippen molar-refractivity contribution in [2.75, 3.05) is 20.2 Å². The van der Waals surface area contributed by atoms with E-state index in [0.717, 1.165) is 16.9 Å². The summed E-state index contributed by atoms with van der Waals surface area (Å²) in [6.07, 6.45) is 2.34. The Morgan fingerprint density at radius 1 is 1.19 bits per heavy atom. The fourth-order valence-electron chi connectivity index (χ4n) is 3.51. The molecule has 0 saturated heterocycles. The van der Waals surface area contributed by atoms with Crippen molar-refractivity contribution in [3.63, 3.8) is 0 Å². The van der Waals surface area contributed by atoms with E-state index in [-0.39, 0.29) is 17.2 Å². The van der Waals surface area contributed by atoms with Gasteiger partial charge in [-0.2, -0.15) is 4.31 Å². The number of sulfonamides is 1. The summed E-state index contributed by atoms with van der Waals surface area (Å²) in [5.74, 6) is 1.12. The van der Waals surface area contributed by atoms with Gasteiger partial charge in [0.15, 0.2) is 0 Å². The third-order valence-corrected chi connectivity index (χ3v) is 7.41. The third-order valence-electron chi connectivity index (χ3n) is 5.36. The van der Waals surface area contributed by atoms with E-state index < -0.39 is 10.0 Å². The molecule has 0 fully saturated rings. The monoisotopic (exact) mass is 459 g/mol. The molecular formula is C22H29N5O4S. The Balaban J connectivity index is 1.68. The van der Waals surface area contributed by atoms with Crippen molar-refractivity contribution < 1.29 is 17.9 Å². The van der Waals surface area contributed by atoms with E-state index in [1.165, 1.54) is 4.31 Å². The Bertz CT molecular complexity index is 1200. The lowest BCUT2D eigenvalue weighted by atomic mass is 10.2. The summed E-state index contributed by atoms with van der Waals surface area (Å²) in [5, 5.41) is 2.88. The Morgan fingerprint density at radius 3 is 2.62 bits per heavy atom. The minimum atomic E-state index is -3.55. The maximum absolute atomic E-state index is 12.8. The number of hydrogen-bond donors (Lipinski definition) is 1. The topological polar surface area (TPSA) is 106 Å². The molecule has 1 amide bonds. The van der Waals surface area contributed by atoms with E-state index in [0.29, 0.717) is 37.5 Å². The van der Waals surface area contributed by atoms with Gasteiger partial charge in [0.05, 0.1) is 23.0 Å². The molecule has 0 atom stereocenters. The lowest BCUT2D eigenvalue weighted by Gasteiger charge is -2.18. The van der Waals surface area contributed by atoms with Crippen molar-refractivity contribution in [1.82, 2.24) is 24.2 Å². The molecule has 9 nitrogen and oxygen atoms in total. The minimum absolute atomic E-state index is 0.0994. The first kappa shape index (κ1) is 23.7. The predicted octanol–water partition coefficient (Wildman–Crippen LogP) is 2.26. The van der Waals surface area contributed by atoms with Gasteiger partial charge in [-0.05, 0) is 29.8 Å². The quantitative estimate of drug-likeness (QED) is 0.498. The molecule has 0 unspecified atom stereocenters. The van der Waals surface area contributed by atoms with Gasteiger partial charge in [-0.1, -0.05) is 13.8 Å². The minimum Gasteiger partial charge on any atom is -0.481 e. The Labute approximate surface area is 188 Å². The zero-order valence-electron chi connectivity index (χ0n) is 18.8. The lowest BCUT2D eigenvalue weighted by Crippen LogP contribution is -2.30. The number of rotatable bonds is 10. The predicted molar refractivity (Wildman–Crippen MR) is 122 cm³/mol. The number of aromatic nitrogens is 3. The van der Waals surface area contributed by atoms with E-state index in [2.05, 4.69) is 15.3 Å². The average Bonchev–Trinajstić information content (AvgIpc) is 3.12. The van der Waals surface area contributed by atoms with Crippen LogP contribution in [0.2, 0.25) is 0 Å². The molecule has 0 aliphatic rings. The van der Waals surface area contributed by atoms with E-state index in [1.54, 1.807) is 37.6 Å². The number of imidazole rings is 1. The highest BCUT2D eigenvalue weighted by atomic mass is 32.2. The number of fused-ring (bicyclic) bond motifs is 1. The molecular weight excluding hydrogens is 430 g/mol. The van der Waals surface area contributed by atoms with Crippen LogP contribution in [-0.2, 0) is 34.8 Å². The number of carbonyl (C=O) groups is 1. The van der Waals surface area contributed by atoms with Gasteiger partial charge in [-0.25, -0.2) is 18.4 Å². The second-order valence-electron chi connectivity index (χ2n) is 7.31. The van der Waals surface area contributed by atoms with Crippen LogP contribution >= 0.6 is 0 Å². The summed E-state index contributed by atoms with van der Waals surface area (Å²) in [4.78, 5) is 21.2. The maximum atomic E-state index is 12.8. The number of pyridine rings is 1. The van der Waals surface area contributed by atoms with Crippen LogP contribution in [0.25, 0.3) is 11.0 Å². The molecule has 2 heterocycles. The third kappa shape index (κ3) is 5.08. The Hall–Kier alpha value is -2.98. The molecule has 0 aliphatic carbocycles. The number of aryl methyl sites for hydroxylation is 2. The number of hydrogen-bond acceptors (Lipinski definition) is 6. The van der Waals surface area contributed by atoms with Crippen molar-refractivity contribution in [2.45, 2.75) is 38.1 Å². The summed E-state index contributed by atoms with van der Waals surface area (Å²) in [6.45, 7) is 4.83. The molecule has 172 valence electrons. The van der Waals surface area contributed by atoms with Gasteiger partial charge < -0.3 is 14.6 Å². The summed E-state index contributed by atoms with van der Waals surface area (Å²) in [6, 6.07) is 8.56. The van der Waals surface area contributed by atoms with Crippen LogP contribution in [0.1, 0.15) is 31.7 Å². The molecule has 1 aromatic carbocycles. The van der Waals surface area contributed by atoms with Gasteiger partial charge in [0.25, 0.3) is 0 Å². The summed E-state index contributed by atoms with van der Waals surface area (Å²) in [7, 11) is -0.144. The molecule has 0 aliphatic heterocycles. The molecule has 10 heteroatoms. The molecule has 3 rings (SSSR count). The molecule has 0 radical (unpaired) electrons. The van der Waals surface area contributed by atoms with Gasteiger partial charge in [-0.15, -0.1) is 0 Å². The van der Waals surface area contributed by atoms with Crippen LogP contribution in [-0.4, -0.2) is 53.4 Å². The highest BCUT2D eigenvalue weighted by Gasteiger charge is 2.22. The smallest absolute Gasteiger partial charge is 0.243 e. The fourth-order valence-corrected chi connectivity index (χ4v) is 4.99. The Morgan fingerprint density at radius 2 is 1.94 bits per heavy atom. The second kappa shape index (κ2) is 10.1. The molecule has 3 aromatic rings. The average molecular weight is 460 g/mol. The molecule has 1 N–H and O–H groups in total. The number of nitrogens with one attached hydrogen (secondary N) is 1. The van der Waals surface area contributed by atoms with Crippen LogP contribution in [0.3, 0.4) is 0 Å². The zero-order valence-corrected chi connectivity index (χ0v) is 19.6. The van der Waals surface area contributed by atoms with Crippen molar-refractivity contribution in [2.24, 2.45) is 7.05 Å². The van der Waals surface area contributed by atoms with Crippen molar-refractivity contribution in [3.05, 3.63) is 47.9 Å². The van der Waals surface area contributed by atoms with E-state index in [9.17, 15) is 13.2 Å². The highest BCUT2D eigenvalue weighted by Crippen LogP contribution is 2.22. The number of carbonyl (C=O) groups excluding carboxylic acids is 1. The van der Waals surface area contributed by atoms with Gasteiger partial charge >= 0.3 is 0 Å². The standard InChI is InChI=1S/C22H29N5O4S/c1-5-27(6-2)32(29,30)17-7-8-19-18(14-17)25-20(26(19)3)9-10-21(28)24-15-16-11-12-23-22(13-16)31-4/h7-8,11-14H,5-6,9-10,15H2,1-4H3,(H,24,28). The van der Waals surface area contributed by atoms with Gasteiger partial charge in [0.2, 0.25) is 21.8 Å².